The van der Waals surface area contributed by atoms with Gasteiger partial charge in [0.1, 0.15) is 19.0 Å². The molecule has 3 aromatic carbocycles. The molecule has 0 unspecified atom stereocenters. The minimum atomic E-state index is -0.321. The number of hydrogen-bond acceptors (Lipinski definition) is 6. The largest absolute Gasteiger partial charge is 0.485 e. The average Bonchev–Trinajstić information content (AvgIpc) is 3.39. The van der Waals surface area contributed by atoms with Gasteiger partial charge in [-0.3, -0.25) is 4.79 Å². The number of rotatable bonds is 9. The quantitative estimate of drug-likeness (QED) is 0.232. The van der Waals surface area contributed by atoms with Gasteiger partial charge in [-0.25, -0.2) is 9.78 Å². The van der Waals surface area contributed by atoms with Crippen LogP contribution in [0.2, 0.25) is 10.0 Å². The van der Waals surface area contributed by atoms with Crippen molar-refractivity contribution in [3.63, 3.8) is 0 Å². The van der Waals surface area contributed by atoms with E-state index >= 15 is 0 Å². The van der Waals surface area contributed by atoms with Gasteiger partial charge in [0, 0.05) is 40.3 Å². The number of amides is 2. The number of likely N-dealkylation sites (tertiary alicyclic amines) is 1. The maximum absolute atomic E-state index is 13.2. The minimum Gasteiger partial charge on any atom is -0.485 e. The van der Waals surface area contributed by atoms with Gasteiger partial charge in [-0.1, -0.05) is 41.4 Å². The number of nitrogens with one attached hydrogen (secondary N) is 2. The third-order valence-electron chi connectivity index (χ3n) is 6.76. The van der Waals surface area contributed by atoms with E-state index in [4.69, 9.17) is 37.4 Å². The highest BCUT2D eigenvalue weighted by atomic mass is 35.5. The molecule has 1 aliphatic heterocycles. The molecule has 0 aliphatic carbocycles. The summed E-state index contributed by atoms with van der Waals surface area (Å²) in [5, 5.41) is 4.08. The van der Waals surface area contributed by atoms with Gasteiger partial charge in [0.25, 0.3) is 5.91 Å². The normalized spacial score (nSPS) is 13.7. The fourth-order valence-corrected chi connectivity index (χ4v) is 5.05. The molecule has 1 saturated heterocycles. The number of carbonyl (C=O) groups is 2. The van der Waals surface area contributed by atoms with E-state index in [-0.39, 0.29) is 31.3 Å². The first-order valence-corrected chi connectivity index (χ1v) is 14.1. The number of ether oxygens (including phenoxy) is 3. The molecule has 4 aromatic rings. The Balaban J connectivity index is 1.29. The van der Waals surface area contributed by atoms with E-state index < -0.39 is 0 Å². The minimum absolute atomic E-state index is 0.0607. The monoisotopic (exact) mass is 596 g/mol. The molecule has 214 valence electrons. The number of nitrogens with zero attached hydrogens (tertiary/aromatic N) is 2. The molecule has 2 heterocycles. The highest BCUT2D eigenvalue weighted by Gasteiger charge is 2.25. The lowest BCUT2D eigenvalue weighted by atomic mass is 10.0. The summed E-state index contributed by atoms with van der Waals surface area (Å²) in [4.78, 5) is 34.6. The predicted octanol–water partition coefficient (Wildman–Crippen LogP) is 6.38. The van der Waals surface area contributed by atoms with Crippen molar-refractivity contribution >= 4 is 46.2 Å². The van der Waals surface area contributed by atoms with Crippen LogP contribution in [0.5, 0.6) is 11.5 Å². The summed E-state index contributed by atoms with van der Waals surface area (Å²) < 4.78 is 17.3. The smallest absolute Gasteiger partial charge is 0.409 e. The predicted molar refractivity (Wildman–Crippen MR) is 157 cm³/mol. The number of imidazole rings is 1. The lowest BCUT2D eigenvalue weighted by molar-refractivity contribution is 0.0859. The number of aromatic nitrogens is 2. The van der Waals surface area contributed by atoms with Gasteiger partial charge < -0.3 is 29.4 Å². The summed E-state index contributed by atoms with van der Waals surface area (Å²) in [5.41, 5.74) is 2.92. The molecule has 9 nitrogen and oxygen atoms in total. The Kier molecular flexibility index (Phi) is 9.16. The van der Waals surface area contributed by atoms with E-state index in [1.54, 1.807) is 48.2 Å². The Morgan fingerprint density at radius 2 is 1.78 bits per heavy atom. The summed E-state index contributed by atoms with van der Waals surface area (Å²) in [5.74, 6) is 1.26. The fraction of sp³-hybridized carbons (Fsp3) is 0.300. The second kappa shape index (κ2) is 13.1. The van der Waals surface area contributed by atoms with Crippen LogP contribution in [0.25, 0.3) is 11.0 Å². The van der Waals surface area contributed by atoms with Crippen LogP contribution in [0.1, 0.15) is 41.5 Å². The second-order valence-electron chi connectivity index (χ2n) is 9.61. The molecular formula is C30H30Cl2N4O5. The number of piperidine rings is 1. The first kappa shape index (κ1) is 28.6. The van der Waals surface area contributed by atoms with Crippen LogP contribution in [0.15, 0.2) is 60.7 Å². The van der Waals surface area contributed by atoms with Gasteiger partial charge in [-0.05, 0) is 62.2 Å². The van der Waals surface area contributed by atoms with Crippen LogP contribution in [-0.4, -0.2) is 52.6 Å². The molecule has 2 N–H and O–H groups in total. The third kappa shape index (κ3) is 7.23. The molecule has 0 saturated carbocycles. The molecular weight excluding hydrogens is 567 g/mol. The number of carbonyl (C=O) groups excluding carboxylic acids is 2. The van der Waals surface area contributed by atoms with Crippen molar-refractivity contribution in [2.45, 2.75) is 39.0 Å². The van der Waals surface area contributed by atoms with E-state index in [0.29, 0.717) is 65.5 Å². The maximum atomic E-state index is 13.2. The SMILES string of the molecule is CCOC(=O)N1CCC(NC(=O)c2ccc(OCc3nc4ccccc4[nH]3)c(OCc3ccc(Cl)cc3Cl)c2)CC1. The molecule has 11 heteroatoms. The van der Waals surface area contributed by atoms with E-state index in [0.717, 1.165) is 16.6 Å². The summed E-state index contributed by atoms with van der Waals surface area (Å²) in [6, 6.07) is 17.9. The number of hydrogen-bond donors (Lipinski definition) is 2. The number of halogens is 2. The zero-order chi connectivity index (χ0) is 28.8. The molecule has 0 bridgehead atoms. The molecule has 1 fully saturated rings. The van der Waals surface area contributed by atoms with Crippen LogP contribution in [0.3, 0.4) is 0 Å². The first-order chi connectivity index (χ1) is 19.9. The van der Waals surface area contributed by atoms with Gasteiger partial charge in [0.2, 0.25) is 0 Å². The molecule has 0 atom stereocenters. The van der Waals surface area contributed by atoms with Crippen LogP contribution < -0.4 is 14.8 Å². The average molecular weight is 597 g/mol. The molecule has 41 heavy (non-hydrogen) atoms. The van der Waals surface area contributed by atoms with Gasteiger partial charge in [0.05, 0.1) is 17.6 Å². The standard InChI is InChI=1S/C30H30Cl2N4O5/c1-2-39-30(38)36-13-11-22(12-14-36)33-29(37)19-8-10-26(41-18-28-34-24-5-3-4-6-25(24)35-28)27(15-19)40-17-20-7-9-21(31)16-23(20)32/h3-10,15-16,22H,2,11-14,17-18H2,1H3,(H,33,37)(H,34,35). The summed E-state index contributed by atoms with van der Waals surface area (Å²) in [7, 11) is 0. The Bertz CT molecular complexity index is 1500. The molecule has 0 spiro atoms. The summed E-state index contributed by atoms with van der Waals surface area (Å²) in [6.45, 7) is 3.49. The molecule has 5 rings (SSSR count). The van der Waals surface area contributed by atoms with Crippen molar-refractivity contribution in [1.29, 1.82) is 0 Å². The molecule has 1 aliphatic rings. The van der Waals surface area contributed by atoms with Gasteiger partial charge in [-0.2, -0.15) is 0 Å². The lowest BCUT2D eigenvalue weighted by Crippen LogP contribution is -2.46. The van der Waals surface area contributed by atoms with Crippen LogP contribution in [-0.2, 0) is 18.0 Å². The Morgan fingerprint density at radius 3 is 2.54 bits per heavy atom. The van der Waals surface area contributed by atoms with Gasteiger partial charge in [0.15, 0.2) is 11.5 Å². The lowest BCUT2D eigenvalue weighted by Gasteiger charge is -2.31. The zero-order valence-electron chi connectivity index (χ0n) is 22.5. The van der Waals surface area contributed by atoms with Crippen LogP contribution in [0.4, 0.5) is 4.79 Å². The van der Waals surface area contributed by atoms with Crippen molar-refractivity contribution in [3.05, 3.63) is 87.7 Å². The highest BCUT2D eigenvalue weighted by Crippen LogP contribution is 2.31. The Labute approximate surface area is 247 Å². The van der Waals surface area contributed by atoms with Crippen molar-refractivity contribution in [3.8, 4) is 11.5 Å². The third-order valence-corrected chi connectivity index (χ3v) is 7.35. The van der Waals surface area contributed by atoms with Crippen LogP contribution >= 0.6 is 23.2 Å². The number of para-hydroxylation sites is 2. The Morgan fingerprint density at radius 1 is 1.00 bits per heavy atom. The second-order valence-corrected chi connectivity index (χ2v) is 10.5. The van der Waals surface area contributed by atoms with E-state index in [2.05, 4.69) is 15.3 Å². The zero-order valence-corrected chi connectivity index (χ0v) is 24.0. The van der Waals surface area contributed by atoms with E-state index in [1.807, 2.05) is 24.3 Å². The van der Waals surface area contributed by atoms with Crippen molar-refractivity contribution < 1.29 is 23.8 Å². The molecule has 0 radical (unpaired) electrons. The Hall–Kier alpha value is -3.95. The van der Waals surface area contributed by atoms with Crippen LogP contribution in [0, 0.1) is 0 Å². The molecule has 1 aromatic heterocycles. The first-order valence-electron chi connectivity index (χ1n) is 13.4. The van der Waals surface area contributed by atoms with E-state index in [9.17, 15) is 9.59 Å². The number of benzene rings is 3. The van der Waals surface area contributed by atoms with E-state index in [1.165, 1.54) is 0 Å². The van der Waals surface area contributed by atoms with Gasteiger partial charge >= 0.3 is 6.09 Å². The number of aromatic amines is 1. The highest BCUT2D eigenvalue weighted by molar-refractivity contribution is 6.35. The summed E-state index contributed by atoms with van der Waals surface area (Å²) in [6.07, 6.45) is 0.960. The maximum Gasteiger partial charge on any atom is 0.409 e. The van der Waals surface area contributed by atoms with Crippen molar-refractivity contribution in [2.75, 3.05) is 19.7 Å². The number of H-pyrrole nitrogens is 1. The van der Waals surface area contributed by atoms with Crippen molar-refractivity contribution in [2.24, 2.45) is 0 Å². The molecule has 2 amide bonds. The van der Waals surface area contributed by atoms with Gasteiger partial charge in [-0.15, -0.1) is 0 Å². The topological polar surface area (TPSA) is 106 Å². The van der Waals surface area contributed by atoms with Crippen molar-refractivity contribution in [1.82, 2.24) is 20.2 Å². The summed E-state index contributed by atoms with van der Waals surface area (Å²) >= 11 is 12.4. The fourth-order valence-electron chi connectivity index (χ4n) is 4.59. The number of fused-ring (bicyclic) bond motifs is 1.